The van der Waals surface area contributed by atoms with Crippen LogP contribution in [0.15, 0.2) is 47.1 Å². The van der Waals surface area contributed by atoms with Crippen molar-refractivity contribution in [3.8, 4) is 0 Å². The van der Waals surface area contributed by atoms with Crippen LogP contribution in [-0.2, 0) is 6.54 Å². The Morgan fingerprint density at radius 3 is 2.83 bits per heavy atom. The van der Waals surface area contributed by atoms with Crippen LogP contribution >= 0.6 is 15.9 Å². The fraction of sp³-hybridized carbons (Fsp3) is 0.143. The summed E-state index contributed by atoms with van der Waals surface area (Å²) in [5, 5.41) is 2.86. The number of hydrogen-bond donors (Lipinski definition) is 1. The van der Waals surface area contributed by atoms with Crippen LogP contribution in [0, 0.1) is 6.92 Å². The Morgan fingerprint density at radius 2 is 2.17 bits per heavy atom. The number of halogens is 1. The highest BCUT2D eigenvalue weighted by atomic mass is 79.9. The third-order valence-corrected chi connectivity index (χ3v) is 3.01. The molecule has 0 saturated carbocycles. The van der Waals surface area contributed by atoms with E-state index in [2.05, 4.69) is 26.2 Å². The highest BCUT2D eigenvalue weighted by Gasteiger charge is 2.05. The molecule has 2 aromatic rings. The van der Waals surface area contributed by atoms with Crippen molar-refractivity contribution in [3.63, 3.8) is 0 Å². The van der Waals surface area contributed by atoms with Crippen molar-refractivity contribution in [1.29, 1.82) is 0 Å². The largest absolute Gasteiger partial charge is 0.348 e. The zero-order chi connectivity index (χ0) is 13.0. The van der Waals surface area contributed by atoms with Crippen molar-refractivity contribution >= 4 is 21.8 Å². The molecule has 1 heterocycles. The molecule has 2 rings (SSSR count). The number of carbonyl (C=O) groups is 1. The first-order valence-corrected chi connectivity index (χ1v) is 6.40. The molecule has 3 nitrogen and oxygen atoms in total. The molecule has 0 saturated heterocycles. The van der Waals surface area contributed by atoms with E-state index in [9.17, 15) is 4.79 Å². The van der Waals surface area contributed by atoms with Gasteiger partial charge in [0.2, 0.25) is 0 Å². The summed E-state index contributed by atoms with van der Waals surface area (Å²) < 4.78 is 1.01. The van der Waals surface area contributed by atoms with Crippen LogP contribution in [0.25, 0.3) is 0 Å². The molecule has 1 aromatic heterocycles. The normalized spacial score (nSPS) is 10.1. The van der Waals surface area contributed by atoms with E-state index in [1.54, 1.807) is 12.3 Å². The Kier molecular flexibility index (Phi) is 4.10. The summed E-state index contributed by atoms with van der Waals surface area (Å²) in [6.45, 7) is 2.40. The molecule has 18 heavy (non-hydrogen) atoms. The Labute approximate surface area is 114 Å². The second kappa shape index (κ2) is 5.78. The second-order valence-corrected chi connectivity index (χ2v) is 4.92. The first kappa shape index (κ1) is 12.8. The molecule has 1 N–H and O–H groups in total. The van der Waals surface area contributed by atoms with Crippen LogP contribution in [0.4, 0.5) is 0 Å². The zero-order valence-electron chi connectivity index (χ0n) is 9.98. The number of nitrogens with zero attached hydrogens (tertiary/aromatic N) is 1. The van der Waals surface area contributed by atoms with Gasteiger partial charge in [-0.1, -0.05) is 28.1 Å². The van der Waals surface area contributed by atoms with Crippen molar-refractivity contribution < 1.29 is 4.79 Å². The maximum Gasteiger partial charge on any atom is 0.253 e. The predicted molar refractivity (Wildman–Crippen MR) is 74.3 cm³/mol. The van der Waals surface area contributed by atoms with Gasteiger partial charge in [-0.3, -0.25) is 9.78 Å². The van der Waals surface area contributed by atoms with Gasteiger partial charge in [0.25, 0.3) is 5.91 Å². The van der Waals surface area contributed by atoms with Gasteiger partial charge in [-0.25, -0.2) is 0 Å². The fourth-order valence-electron chi connectivity index (χ4n) is 1.53. The topological polar surface area (TPSA) is 42.0 Å². The third-order valence-electron chi connectivity index (χ3n) is 2.52. The summed E-state index contributed by atoms with van der Waals surface area (Å²) in [7, 11) is 0. The van der Waals surface area contributed by atoms with Crippen molar-refractivity contribution in [2.75, 3.05) is 0 Å². The molecule has 1 aromatic carbocycles. The lowest BCUT2D eigenvalue weighted by Crippen LogP contribution is -2.22. The molecule has 0 fully saturated rings. The quantitative estimate of drug-likeness (QED) is 0.947. The molecule has 0 bridgehead atoms. The number of nitrogens with one attached hydrogen (secondary N) is 1. The minimum absolute atomic E-state index is 0.109. The fourth-order valence-corrected chi connectivity index (χ4v) is 1.98. The van der Waals surface area contributed by atoms with E-state index in [0.717, 1.165) is 15.7 Å². The lowest BCUT2D eigenvalue weighted by molar-refractivity contribution is 0.0950. The van der Waals surface area contributed by atoms with Gasteiger partial charge < -0.3 is 5.32 Å². The number of pyridine rings is 1. The highest BCUT2D eigenvalue weighted by molar-refractivity contribution is 9.10. The highest BCUT2D eigenvalue weighted by Crippen LogP contribution is 2.11. The van der Waals surface area contributed by atoms with E-state index >= 15 is 0 Å². The Bertz CT molecular complexity index is 552. The molecule has 0 aliphatic rings. The number of hydrogen-bond acceptors (Lipinski definition) is 2. The lowest BCUT2D eigenvalue weighted by atomic mass is 10.2. The molecule has 4 heteroatoms. The van der Waals surface area contributed by atoms with E-state index in [1.165, 1.54) is 0 Å². The minimum atomic E-state index is -0.109. The van der Waals surface area contributed by atoms with E-state index in [4.69, 9.17) is 0 Å². The molecule has 92 valence electrons. The van der Waals surface area contributed by atoms with Gasteiger partial charge in [-0.15, -0.1) is 0 Å². The van der Waals surface area contributed by atoms with Gasteiger partial charge in [-0.05, 0) is 36.8 Å². The summed E-state index contributed by atoms with van der Waals surface area (Å²) in [6.07, 6.45) is 1.59. The Balaban J connectivity index is 1.98. The Hall–Kier alpha value is -1.68. The number of rotatable bonds is 3. The average molecular weight is 305 g/mol. The summed E-state index contributed by atoms with van der Waals surface area (Å²) >= 11 is 3.40. The number of carbonyl (C=O) groups excluding carboxylic acids is 1. The van der Waals surface area contributed by atoms with Crippen LogP contribution in [-0.4, -0.2) is 10.9 Å². The number of aromatic nitrogens is 1. The minimum Gasteiger partial charge on any atom is -0.348 e. The maximum atomic E-state index is 11.9. The SMILES string of the molecule is Cc1ccc(C(=O)NCc2cccc(Br)c2)cn1. The van der Waals surface area contributed by atoms with Crippen molar-refractivity contribution in [1.82, 2.24) is 10.3 Å². The van der Waals surface area contributed by atoms with E-state index in [-0.39, 0.29) is 5.91 Å². The molecule has 0 spiro atoms. The van der Waals surface area contributed by atoms with Crippen LogP contribution < -0.4 is 5.32 Å². The third kappa shape index (κ3) is 3.40. The van der Waals surface area contributed by atoms with Gasteiger partial charge >= 0.3 is 0 Å². The Morgan fingerprint density at radius 1 is 1.33 bits per heavy atom. The number of aryl methyl sites for hydroxylation is 1. The van der Waals surface area contributed by atoms with Crippen molar-refractivity contribution in [2.45, 2.75) is 13.5 Å². The predicted octanol–water partition coefficient (Wildman–Crippen LogP) is 3.08. The van der Waals surface area contributed by atoms with Gasteiger partial charge in [0.05, 0.1) is 5.56 Å². The van der Waals surface area contributed by atoms with Crippen molar-refractivity contribution in [2.24, 2.45) is 0 Å². The first-order valence-electron chi connectivity index (χ1n) is 5.60. The first-order chi connectivity index (χ1) is 8.65. The smallest absolute Gasteiger partial charge is 0.253 e. The molecule has 1 amide bonds. The second-order valence-electron chi connectivity index (χ2n) is 4.00. The number of benzene rings is 1. The average Bonchev–Trinajstić information content (AvgIpc) is 2.37. The van der Waals surface area contributed by atoms with Crippen LogP contribution in [0.3, 0.4) is 0 Å². The summed E-state index contributed by atoms with van der Waals surface area (Å²) in [4.78, 5) is 16.0. The number of amides is 1. The maximum absolute atomic E-state index is 11.9. The summed E-state index contributed by atoms with van der Waals surface area (Å²) in [5.41, 5.74) is 2.53. The van der Waals surface area contributed by atoms with Gasteiger partial charge in [0, 0.05) is 22.9 Å². The van der Waals surface area contributed by atoms with Crippen LogP contribution in [0.1, 0.15) is 21.6 Å². The van der Waals surface area contributed by atoms with Gasteiger partial charge in [-0.2, -0.15) is 0 Å². The molecule has 0 aliphatic carbocycles. The van der Waals surface area contributed by atoms with E-state index in [1.807, 2.05) is 37.3 Å². The molecular formula is C14H13BrN2O. The summed E-state index contributed by atoms with van der Waals surface area (Å²) in [5.74, 6) is -0.109. The van der Waals surface area contributed by atoms with Crippen LogP contribution in [0.5, 0.6) is 0 Å². The molecule has 0 atom stereocenters. The lowest BCUT2D eigenvalue weighted by Gasteiger charge is -2.05. The van der Waals surface area contributed by atoms with Gasteiger partial charge in [0.1, 0.15) is 0 Å². The van der Waals surface area contributed by atoms with Crippen LogP contribution in [0.2, 0.25) is 0 Å². The van der Waals surface area contributed by atoms with Gasteiger partial charge in [0.15, 0.2) is 0 Å². The molecule has 0 radical (unpaired) electrons. The molecular weight excluding hydrogens is 292 g/mol. The van der Waals surface area contributed by atoms with Crippen molar-refractivity contribution in [3.05, 3.63) is 63.9 Å². The summed E-state index contributed by atoms with van der Waals surface area (Å²) in [6, 6.07) is 11.5. The molecule has 0 unspecified atom stereocenters. The molecule has 0 aliphatic heterocycles. The van der Waals surface area contributed by atoms with E-state index < -0.39 is 0 Å². The monoisotopic (exact) mass is 304 g/mol. The zero-order valence-corrected chi connectivity index (χ0v) is 11.6. The standard InChI is InChI=1S/C14H13BrN2O/c1-10-5-6-12(9-16-10)14(18)17-8-11-3-2-4-13(15)7-11/h2-7,9H,8H2,1H3,(H,17,18). The van der Waals surface area contributed by atoms with E-state index in [0.29, 0.717) is 12.1 Å².